The van der Waals surface area contributed by atoms with Gasteiger partial charge in [0.15, 0.2) is 5.78 Å². The minimum absolute atomic E-state index is 0.0336. The number of ketones is 1. The molecule has 1 aromatic rings. The van der Waals surface area contributed by atoms with E-state index in [9.17, 15) is 13.6 Å². The van der Waals surface area contributed by atoms with Crippen LogP contribution < -0.4 is 11.5 Å². The van der Waals surface area contributed by atoms with E-state index in [1.54, 1.807) is 0 Å². The topological polar surface area (TPSA) is 69.1 Å². The molecule has 0 spiro atoms. The minimum atomic E-state index is -0.731. The zero-order valence-corrected chi connectivity index (χ0v) is 15.7. The van der Waals surface area contributed by atoms with Crippen molar-refractivity contribution in [1.82, 2.24) is 0 Å². The molecule has 0 saturated carbocycles. The summed E-state index contributed by atoms with van der Waals surface area (Å²) in [5.74, 6) is -1.96. The summed E-state index contributed by atoms with van der Waals surface area (Å²) in [5.41, 5.74) is 12.9. The second kappa shape index (κ2) is 9.90. The van der Waals surface area contributed by atoms with Crippen LogP contribution >= 0.6 is 0 Å². The molecule has 1 aromatic carbocycles. The van der Waals surface area contributed by atoms with Gasteiger partial charge in [0, 0.05) is 11.4 Å². The van der Waals surface area contributed by atoms with Crippen LogP contribution in [0, 0.1) is 23.5 Å². The van der Waals surface area contributed by atoms with E-state index in [2.05, 4.69) is 6.58 Å². The monoisotopic (exact) mass is 362 g/mol. The van der Waals surface area contributed by atoms with Gasteiger partial charge >= 0.3 is 0 Å². The molecule has 0 amide bonds. The van der Waals surface area contributed by atoms with E-state index in [0.717, 1.165) is 25.0 Å². The smallest absolute Gasteiger partial charge is 0.164 e. The molecule has 3 nitrogen and oxygen atoms in total. The molecule has 2 atom stereocenters. The van der Waals surface area contributed by atoms with Crippen molar-refractivity contribution in [1.29, 1.82) is 0 Å². The molecule has 0 bridgehead atoms. The summed E-state index contributed by atoms with van der Waals surface area (Å²) in [6.07, 6.45) is 4.97. The first kappa shape index (κ1) is 21.6. The highest BCUT2D eigenvalue weighted by Crippen LogP contribution is 2.36. The fourth-order valence-electron chi connectivity index (χ4n) is 3.19. The minimum Gasteiger partial charge on any atom is -0.401 e. The number of allylic oxidation sites excluding steroid dienone is 4. The van der Waals surface area contributed by atoms with E-state index in [0.29, 0.717) is 17.7 Å². The number of carbonyl (C=O) groups is 1. The molecule has 0 aromatic heterocycles. The average Bonchev–Trinajstić information content (AvgIpc) is 2.64. The van der Waals surface area contributed by atoms with Crippen molar-refractivity contribution in [2.45, 2.75) is 40.0 Å². The Morgan fingerprint density at radius 1 is 1.27 bits per heavy atom. The highest BCUT2D eigenvalue weighted by atomic mass is 19.1. The largest absolute Gasteiger partial charge is 0.401 e. The first-order chi connectivity index (χ1) is 12.4. The SMILES string of the molecule is C=CC(=O)C1CC[C@H](CC)C(/C=C(\N)c2c(F)cccc2F)=C1N.CC. The van der Waals surface area contributed by atoms with Crippen LogP contribution in [0.2, 0.25) is 0 Å². The van der Waals surface area contributed by atoms with Crippen molar-refractivity contribution in [2.75, 3.05) is 0 Å². The highest BCUT2D eigenvalue weighted by molar-refractivity contribution is 5.93. The number of hydrogen-bond donors (Lipinski definition) is 2. The van der Waals surface area contributed by atoms with Gasteiger partial charge in [0.25, 0.3) is 0 Å². The van der Waals surface area contributed by atoms with Gasteiger partial charge in [0.1, 0.15) is 11.6 Å². The maximum atomic E-state index is 13.9. The van der Waals surface area contributed by atoms with Gasteiger partial charge in [-0.05, 0) is 55.0 Å². The number of hydrogen-bond acceptors (Lipinski definition) is 3. The van der Waals surface area contributed by atoms with Crippen molar-refractivity contribution < 1.29 is 13.6 Å². The maximum absolute atomic E-state index is 13.9. The predicted molar refractivity (Wildman–Crippen MR) is 103 cm³/mol. The van der Waals surface area contributed by atoms with E-state index < -0.39 is 17.6 Å². The summed E-state index contributed by atoms with van der Waals surface area (Å²) in [4.78, 5) is 12.0. The van der Waals surface area contributed by atoms with Gasteiger partial charge in [-0.15, -0.1) is 0 Å². The van der Waals surface area contributed by atoms with Gasteiger partial charge in [-0.2, -0.15) is 0 Å². The predicted octanol–water partition coefficient (Wildman–Crippen LogP) is 4.69. The zero-order valence-electron chi connectivity index (χ0n) is 15.7. The van der Waals surface area contributed by atoms with E-state index in [-0.39, 0.29) is 23.0 Å². The molecule has 0 heterocycles. The van der Waals surface area contributed by atoms with Gasteiger partial charge < -0.3 is 11.5 Å². The summed E-state index contributed by atoms with van der Waals surface area (Å²) in [6, 6.07) is 3.58. The molecule has 0 fully saturated rings. The van der Waals surface area contributed by atoms with Crippen molar-refractivity contribution in [3.8, 4) is 0 Å². The Bertz CT molecular complexity index is 702. The Morgan fingerprint density at radius 2 is 1.85 bits per heavy atom. The Morgan fingerprint density at radius 3 is 2.35 bits per heavy atom. The second-order valence-electron chi connectivity index (χ2n) is 5.95. The third-order valence-electron chi connectivity index (χ3n) is 4.55. The fourth-order valence-corrected chi connectivity index (χ4v) is 3.19. The number of carbonyl (C=O) groups excluding carboxylic acids is 1. The normalized spacial score (nSPS) is 20.3. The van der Waals surface area contributed by atoms with Crippen molar-refractivity contribution in [2.24, 2.45) is 23.3 Å². The van der Waals surface area contributed by atoms with Crippen molar-refractivity contribution in [3.05, 3.63) is 65.4 Å². The molecular formula is C21H28F2N2O. The molecular weight excluding hydrogens is 334 g/mol. The average molecular weight is 362 g/mol. The zero-order chi connectivity index (χ0) is 19.9. The lowest BCUT2D eigenvalue weighted by Gasteiger charge is -2.29. The molecule has 1 aliphatic carbocycles. The first-order valence-electron chi connectivity index (χ1n) is 8.98. The van der Waals surface area contributed by atoms with Crippen LogP contribution in [0.25, 0.3) is 5.70 Å². The Kier molecular flexibility index (Phi) is 8.23. The van der Waals surface area contributed by atoms with Crippen LogP contribution in [0.3, 0.4) is 0 Å². The molecule has 1 aliphatic rings. The molecule has 0 radical (unpaired) electrons. The summed E-state index contributed by atoms with van der Waals surface area (Å²) in [6.45, 7) is 9.50. The molecule has 0 saturated heterocycles. The number of benzene rings is 1. The van der Waals surface area contributed by atoms with Crippen LogP contribution in [0.1, 0.15) is 45.6 Å². The lowest BCUT2D eigenvalue weighted by atomic mass is 9.76. The Balaban J connectivity index is 0.00000163. The van der Waals surface area contributed by atoms with Crippen molar-refractivity contribution in [3.63, 3.8) is 0 Å². The Labute approximate surface area is 154 Å². The third kappa shape index (κ3) is 4.59. The van der Waals surface area contributed by atoms with E-state index in [1.165, 1.54) is 18.2 Å². The van der Waals surface area contributed by atoms with Gasteiger partial charge in [-0.25, -0.2) is 8.78 Å². The van der Waals surface area contributed by atoms with Crippen molar-refractivity contribution >= 4 is 11.5 Å². The third-order valence-corrected chi connectivity index (χ3v) is 4.55. The molecule has 5 heteroatoms. The number of nitrogens with two attached hydrogens (primary N) is 2. The van der Waals surface area contributed by atoms with Gasteiger partial charge in [0.2, 0.25) is 0 Å². The summed E-state index contributed by atoms with van der Waals surface area (Å²) in [7, 11) is 0. The van der Waals surface area contributed by atoms with Crippen LogP contribution in [-0.4, -0.2) is 5.78 Å². The second-order valence-corrected chi connectivity index (χ2v) is 5.95. The molecule has 26 heavy (non-hydrogen) atoms. The molecule has 2 rings (SSSR count). The van der Waals surface area contributed by atoms with Gasteiger partial charge in [0.05, 0.1) is 11.5 Å². The van der Waals surface area contributed by atoms with Crippen LogP contribution in [0.5, 0.6) is 0 Å². The molecule has 4 N–H and O–H groups in total. The standard InChI is InChI=1S/C19H22F2N2O.C2H6/c1-3-11-8-9-12(17(24)4-2)19(23)13(11)10-16(22)18-14(20)6-5-7-15(18)21;1-2/h4-7,10-12H,2-3,8-9,22-23H2,1H3;1-2H3/b16-10-;/t11-,12?;/m0./s1. The number of rotatable bonds is 5. The van der Waals surface area contributed by atoms with E-state index in [4.69, 9.17) is 11.5 Å². The van der Waals surface area contributed by atoms with E-state index in [1.807, 2.05) is 20.8 Å². The van der Waals surface area contributed by atoms with Crippen LogP contribution in [-0.2, 0) is 4.79 Å². The quantitative estimate of drug-likeness (QED) is 0.746. The summed E-state index contributed by atoms with van der Waals surface area (Å²) >= 11 is 0. The van der Waals surface area contributed by atoms with Gasteiger partial charge in [-0.1, -0.05) is 33.4 Å². The van der Waals surface area contributed by atoms with Gasteiger partial charge in [-0.3, -0.25) is 4.79 Å². The van der Waals surface area contributed by atoms with Crippen LogP contribution in [0.4, 0.5) is 8.78 Å². The lowest BCUT2D eigenvalue weighted by molar-refractivity contribution is -0.117. The van der Waals surface area contributed by atoms with E-state index >= 15 is 0 Å². The summed E-state index contributed by atoms with van der Waals surface area (Å²) < 4.78 is 27.8. The summed E-state index contributed by atoms with van der Waals surface area (Å²) in [5, 5.41) is 0. The van der Waals surface area contributed by atoms with Crippen LogP contribution in [0.15, 0.2) is 48.2 Å². The Hall–Kier alpha value is -2.43. The fraction of sp³-hybridized carbons (Fsp3) is 0.381. The number of halogens is 2. The molecule has 0 aliphatic heterocycles. The first-order valence-corrected chi connectivity index (χ1v) is 8.98. The highest BCUT2D eigenvalue weighted by Gasteiger charge is 2.30. The lowest BCUT2D eigenvalue weighted by Crippen LogP contribution is -2.28. The molecule has 1 unspecified atom stereocenters. The molecule has 142 valence electrons. The maximum Gasteiger partial charge on any atom is 0.164 e.